The van der Waals surface area contributed by atoms with Crippen LogP contribution in [0, 0.1) is 0 Å². The van der Waals surface area contributed by atoms with E-state index in [0.29, 0.717) is 19.3 Å². The summed E-state index contributed by atoms with van der Waals surface area (Å²) in [4.78, 5) is 20.7. The fourth-order valence-electron chi connectivity index (χ4n) is 0.690. The number of amides is 2. The summed E-state index contributed by atoms with van der Waals surface area (Å²) in [5.41, 5.74) is 0. The van der Waals surface area contributed by atoms with E-state index in [1.54, 1.807) is 0 Å². The number of hydrogen-bond acceptors (Lipinski definition) is 2. The molecule has 4 heteroatoms. The maximum Gasteiger partial charge on any atom is 0.226 e. The lowest BCUT2D eigenvalue weighted by Gasteiger charge is -2.07. The van der Waals surface area contributed by atoms with Crippen molar-refractivity contribution in [2.45, 2.75) is 19.3 Å². The average molecular weight is 147 g/mol. The average Bonchev–Trinajstić information content (AvgIpc) is 1.64. The van der Waals surface area contributed by atoms with E-state index < -0.39 is 0 Å². The van der Waals surface area contributed by atoms with E-state index in [2.05, 4.69) is 5.32 Å². The van der Waals surface area contributed by atoms with Crippen molar-refractivity contribution in [3.63, 3.8) is 0 Å². The number of carbonyl (C=O) groups excluding carboxylic acids is 2. The molecule has 1 atom stereocenters. The molecule has 1 aliphatic rings. The van der Waals surface area contributed by atoms with E-state index in [1.165, 1.54) is 0 Å². The Hall–Kier alpha value is -0.430. The third kappa shape index (κ3) is 2.56. The van der Waals surface area contributed by atoms with Crippen molar-refractivity contribution in [1.82, 2.24) is 5.32 Å². The van der Waals surface area contributed by atoms with Crippen molar-refractivity contribution >= 4 is 21.7 Å². The van der Waals surface area contributed by atoms with Gasteiger partial charge in [0.25, 0.3) is 0 Å². The molecular formula is C5H10NO2P. The van der Waals surface area contributed by atoms with Gasteiger partial charge >= 0.3 is 0 Å². The molecule has 1 fully saturated rings. The largest absolute Gasteiger partial charge is 0.296 e. The molecule has 0 aromatic rings. The minimum absolute atomic E-state index is 0. The van der Waals surface area contributed by atoms with Gasteiger partial charge in [-0.2, -0.15) is 9.90 Å². The lowest BCUT2D eigenvalue weighted by atomic mass is 10.1. The van der Waals surface area contributed by atoms with Crippen molar-refractivity contribution in [1.29, 1.82) is 0 Å². The molecule has 0 aliphatic carbocycles. The highest BCUT2D eigenvalue weighted by Gasteiger charge is 2.12. The zero-order valence-electron chi connectivity index (χ0n) is 5.14. The van der Waals surface area contributed by atoms with E-state index >= 15 is 0 Å². The molecule has 0 bridgehead atoms. The van der Waals surface area contributed by atoms with Gasteiger partial charge in [-0.15, -0.1) is 0 Å². The molecule has 1 aliphatic heterocycles. The molecule has 0 saturated carbocycles. The summed E-state index contributed by atoms with van der Waals surface area (Å²) in [7, 11) is 0. The monoisotopic (exact) mass is 147 g/mol. The van der Waals surface area contributed by atoms with Crippen LogP contribution in [0.25, 0.3) is 0 Å². The van der Waals surface area contributed by atoms with Crippen LogP contribution >= 0.6 is 9.90 Å². The van der Waals surface area contributed by atoms with Crippen LogP contribution in [-0.4, -0.2) is 11.8 Å². The highest BCUT2D eigenvalue weighted by molar-refractivity contribution is 6.92. The lowest BCUT2D eigenvalue weighted by molar-refractivity contribution is -0.132. The molecule has 3 nitrogen and oxygen atoms in total. The van der Waals surface area contributed by atoms with Gasteiger partial charge in [-0.25, -0.2) is 0 Å². The fraction of sp³-hybridized carbons (Fsp3) is 0.600. The normalized spacial score (nSPS) is 18.2. The van der Waals surface area contributed by atoms with Gasteiger partial charge in [-0.3, -0.25) is 14.9 Å². The van der Waals surface area contributed by atoms with Crippen LogP contribution in [0.5, 0.6) is 0 Å². The second-order valence-corrected chi connectivity index (χ2v) is 1.82. The Bertz CT molecular complexity index is 121. The van der Waals surface area contributed by atoms with Gasteiger partial charge in [0.15, 0.2) is 0 Å². The standard InChI is InChI=1S/C5H7NO2.H3P/c7-4-2-1-3-5(8)6-4;/h1-3H2,(H,6,7,8);1H3. The number of rotatable bonds is 0. The summed E-state index contributed by atoms with van der Waals surface area (Å²) in [6.07, 6.45) is 1.72. The zero-order chi connectivity index (χ0) is 5.98. The van der Waals surface area contributed by atoms with Gasteiger partial charge in [0.1, 0.15) is 0 Å². The molecule has 1 saturated heterocycles. The van der Waals surface area contributed by atoms with Gasteiger partial charge < -0.3 is 0 Å². The smallest absolute Gasteiger partial charge is 0.226 e. The predicted octanol–water partition coefficient (Wildman–Crippen LogP) is -0.129. The Balaban J connectivity index is 0.000000640. The van der Waals surface area contributed by atoms with Crippen molar-refractivity contribution in [3.8, 4) is 0 Å². The lowest BCUT2D eigenvalue weighted by Crippen LogP contribution is -2.33. The number of carbonyl (C=O) groups is 2. The Labute approximate surface area is 56.8 Å². The van der Waals surface area contributed by atoms with Crippen LogP contribution < -0.4 is 5.32 Å². The Morgan fingerprint density at radius 2 is 1.56 bits per heavy atom. The molecule has 0 spiro atoms. The Morgan fingerprint density at radius 1 is 1.11 bits per heavy atom. The van der Waals surface area contributed by atoms with Gasteiger partial charge in [0, 0.05) is 12.8 Å². The first-order chi connectivity index (χ1) is 3.79. The van der Waals surface area contributed by atoms with Crippen LogP contribution in [0.3, 0.4) is 0 Å². The molecule has 2 amide bonds. The van der Waals surface area contributed by atoms with Crippen molar-refractivity contribution in [2.24, 2.45) is 0 Å². The third-order valence-corrected chi connectivity index (χ3v) is 1.09. The first-order valence-corrected chi connectivity index (χ1v) is 2.62. The second kappa shape index (κ2) is 3.57. The second-order valence-electron chi connectivity index (χ2n) is 1.82. The highest BCUT2D eigenvalue weighted by atomic mass is 31.0. The van der Waals surface area contributed by atoms with Crippen molar-refractivity contribution in [3.05, 3.63) is 0 Å². The van der Waals surface area contributed by atoms with Crippen LogP contribution in [0.2, 0.25) is 0 Å². The quantitative estimate of drug-likeness (QED) is 0.383. The first kappa shape index (κ1) is 8.57. The molecular weight excluding hydrogens is 137 g/mol. The number of nitrogens with one attached hydrogen (secondary N) is 1. The molecule has 1 rings (SSSR count). The summed E-state index contributed by atoms with van der Waals surface area (Å²) in [5, 5.41) is 2.20. The highest BCUT2D eigenvalue weighted by Crippen LogP contribution is 2.00. The van der Waals surface area contributed by atoms with Crippen molar-refractivity contribution < 1.29 is 9.59 Å². The van der Waals surface area contributed by atoms with Crippen molar-refractivity contribution in [2.75, 3.05) is 0 Å². The Morgan fingerprint density at radius 3 is 1.78 bits per heavy atom. The number of imide groups is 1. The van der Waals surface area contributed by atoms with E-state index in [9.17, 15) is 9.59 Å². The summed E-state index contributed by atoms with van der Waals surface area (Å²) >= 11 is 0. The van der Waals surface area contributed by atoms with Gasteiger partial charge in [0.2, 0.25) is 11.8 Å². The van der Waals surface area contributed by atoms with Gasteiger partial charge in [-0.05, 0) is 6.42 Å². The van der Waals surface area contributed by atoms with E-state index in [1.807, 2.05) is 0 Å². The van der Waals surface area contributed by atoms with Crippen LogP contribution in [-0.2, 0) is 9.59 Å². The molecule has 1 heterocycles. The van der Waals surface area contributed by atoms with Crippen LogP contribution in [0.1, 0.15) is 19.3 Å². The summed E-state index contributed by atoms with van der Waals surface area (Å²) < 4.78 is 0. The zero-order valence-corrected chi connectivity index (χ0v) is 6.56. The SMILES string of the molecule is O=C1CCCC(=O)N1.P. The van der Waals surface area contributed by atoms with Crippen LogP contribution in [0.4, 0.5) is 0 Å². The van der Waals surface area contributed by atoms with E-state index in [0.717, 1.165) is 0 Å². The molecule has 0 aromatic heterocycles. The molecule has 0 radical (unpaired) electrons. The molecule has 1 N–H and O–H groups in total. The topological polar surface area (TPSA) is 46.2 Å². The molecule has 52 valence electrons. The Kier molecular flexibility index (Phi) is 3.40. The fourth-order valence-corrected chi connectivity index (χ4v) is 0.690. The predicted molar refractivity (Wildman–Crippen MR) is 38.1 cm³/mol. The third-order valence-electron chi connectivity index (χ3n) is 1.09. The van der Waals surface area contributed by atoms with E-state index in [-0.39, 0.29) is 21.7 Å². The van der Waals surface area contributed by atoms with Gasteiger partial charge in [0.05, 0.1) is 0 Å². The maximum absolute atomic E-state index is 10.3. The summed E-state index contributed by atoms with van der Waals surface area (Å²) in [6, 6.07) is 0. The number of hydrogen-bond donors (Lipinski definition) is 1. The van der Waals surface area contributed by atoms with E-state index in [4.69, 9.17) is 0 Å². The summed E-state index contributed by atoms with van der Waals surface area (Å²) in [5.74, 6) is -0.275. The van der Waals surface area contributed by atoms with Crippen LogP contribution in [0.15, 0.2) is 0 Å². The molecule has 1 unspecified atom stereocenters. The molecule has 0 aromatic carbocycles. The minimum atomic E-state index is -0.138. The molecule has 9 heavy (non-hydrogen) atoms. The summed E-state index contributed by atoms with van der Waals surface area (Å²) in [6.45, 7) is 0. The minimum Gasteiger partial charge on any atom is -0.296 e. The van der Waals surface area contributed by atoms with Gasteiger partial charge in [-0.1, -0.05) is 0 Å². The first-order valence-electron chi connectivity index (χ1n) is 2.62. The maximum atomic E-state index is 10.3. The number of piperidine rings is 1.